The van der Waals surface area contributed by atoms with E-state index in [9.17, 15) is 4.79 Å². The van der Waals surface area contributed by atoms with Crippen LogP contribution in [0, 0.1) is 0 Å². The lowest BCUT2D eigenvalue weighted by Gasteiger charge is -2.10. The van der Waals surface area contributed by atoms with E-state index in [0.29, 0.717) is 17.2 Å². The summed E-state index contributed by atoms with van der Waals surface area (Å²) < 4.78 is 0. The first-order valence-electron chi connectivity index (χ1n) is 6.77. The Labute approximate surface area is 126 Å². The lowest BCUT2D eigenvalue weighted by atomic mass is 10.2. The number of aromatic amines is 1. The fourth-order valence-electron chi connectivity index (χ4n) is 1.94. The first-order chi connectivity index (χ1) is 10.7. The molecule has 3 aromatic rings. The van der Waals surface area contributed by atoms with E-state index in [2.05, 4.69) is 30.5 Å². The van der Waals surface area contributed by atoms with Crippen molar-refractivity contribution in [1.82, 2.24) is 30.5 Å². The van der Waals surface area contributed by atoms with Gasteiger partial charge in [0.05, 0.1) is 11.6 Å². The third-order valence-corrected chi connectivity index (χ3v) is 3.12. The van der Waals surface area contributed by atoms with Crippen molar-refractivity contribution in [2.75, 3.05) is 0 Å². The molecule has 7 nitrogen and oxygen atoms in total. The Balaban J connectivity index is 1.72. The number of pyridine rings is 2. The van der Waals surface area contributed by atoms with Crippen molar-refractivity contribution in [1.29, 1.82) is 0 Å². The van der Waals surface area contributed by atoms with E-state index in [-0.39, 0.29) is 11.9 Å². The van der Waals surface area contributed by atoms with Crippen LogP contribution in [0.25, 0.3) is 11.4 Å². The number of amides is 1. The molecule has 1 atom stereocenters. The molecule has 0 aliphatic rings. The minimum Gasteiger partial charge on any atom is -0.342 e. The minimum absolute atomic E-state index is 0.206. The molecule has 3 heterocycles. The molecule has 1 amide bonds. The Morgan fingerprint density at radius 2 is 2.00 bits per heavy atom. The Morgan fingerprint density at radius 3 is 2.73 bits per heavy atom. The summed E-state index contributed by atoms with van der Waals surface area (Å²) in [5.41, 5.74) is 1.37. The summed E-state index contributed by atoms with van der Waals surface area (Å²) in [4.78, 5) is 24.4. The van der Waals surface area contributed by atoms with Crippen LogP contribution in [0.2, 0.25) is 0 Å². The van der Waals surface area contributed by atoms with Crippen molar-refractivity contribution in [3.05, 3.63) is 60.4 Å². The number of aromatic nitrogens is 5. The van der Waals surface area contributed by atoms with Crippen molar-refractivity contribution >= 4 is 5.91 Å². The number of nitrogens with one attached hydrogen (secondary N) is 2. The highest BCUT2D eigenvalue weighted by Crippen LogP contribution is 2.15. The van der Waals surface area contributed by atoms with E-state index >= 15 is 0 Å². The highest BCUT2D eigenvalue weighted by Gasteiger charge is 2.15. The average Bonchev–Trinajstić information content (AvgIpc) is 3.06. The van der Waals surface area contributed by atoms with E-state index in [0.717, 1.165) is 5.56 Å². The van der Waals surface area contributed by atoms with E-state index < -0.39 is 0 Å². The molecule has 0 saturated heterocycles. The molecule has 0 bridgehead atoms. The fraction of sp³-hybridized carbons (Fsp3) is 0.133. The zero-order valence-corrected chi connectivity index (χ0v) is 11.9. The van der Waals surface area contributed by atoms with Crippen LogP contribution in [-0.2, 0) is 0 Å². The third-order valence-electron chi connectivity index (χ3n) is 3.12. The maximum Gasteiger partial charge on any atom is 0.253 e. The molecular formula is C15H14N6O. The highest BCUT2D eigenvalue weighted by molar-refractivity contribution is 5.94. The molecular weight excluding hydrogens is 280 g/mol. The van der Waals surface area contributed by atoms with Crippen LogP contribution in [0.4, 0.5) is 0 Å². The van der Waals surface area contributed by atoms with Gasteiger partial charge in [0.25, 0.3) is 5.91 Å². The summed E-state index contributed by atoms with van der Waals surface area (Å²) in [7, 11) is 0. The minimum atomic E-state index is -0.296. The normalized spacial score (nSPS) is 11.9. The first kappa shape index (κ1) is 13.9. The summed E-state index contributed by atoms with van der Waals surface area (Å²) in [6.45, 7) is 1.84. The van der Waals surface area contributed by atoms with Crippen molar-refractivity contribution in [2.45, 2.75) is 13.0 Å². The van der Waals surface area contributed by atoms with Gasteiger partial charge in [0.1, 0.15) is 5.82 Å². The van der Waals surface area contributed by atoms with Gasteiger partial charge >= 0.3 is 0 Å². The van der Waals surface area contributed by atoms with Crippen LogP contribution in [-0.4, -0.2) is 31.1 Å². The van der Waals surface area contributed by atoms with Crippen LogP contribution in [0.1, 0.15) is 29.1 Å². The number of carbonyl (C=O) groups excluding carboxylic acids is 1. The molecule has 0 aliphatic carbocycles. The topological polar surface area (TPSA) is 96.5 Å². The number of carbonyl (C=O) groups is 1. The maximum absolute atomic E-state index is 12.1. The predicted octanol–water partition coefficient (Wildman–Crippen LogP) is 1.75. The summed E-state index contributed by atoms with van der Waals surface area (Å²) in [6.07, 6.45) is 6.50. The maximum atomic E-state index is 12.1. The lowest BCUT2D eigenvalue weighted by Crippen LogP contribution is -2.27. The molecule has 3 aromatic heterocycles. The van der Waals surface area contributed by atoms with Crippen LogP contribution in [0.3, 0.4) is 0 Å². The fourth-order valence-corrected chi connectivity index (χ4v) is 1.94. The van der Waals surface area contributed by atoms with Gasteiger partial charge in [0.2, 0.25) is 0 Å². The van der Waals surface area contributed by atoms with E-state index in [1.807, 2.05) is 19.1 Å². The number of rotatable bonds is 4. The van der Waals surface area contributed by atoms with Gasteiger partial charge in [-0.05, 0) is 31.2 Å². The number of hydrogen-bond donors (Lipinski definition) is 2. The Hall–Kier alpha value is -3.09. The Kier molecular flexibility index (Phi) is 3.86. The summed E-state index contributed by atoms with van der Waals surface area (Å²) in [6, 6.07) is 6.78. The molecule has 0 aliphatic heterocycles. The molecule has 0 saturated carbocycles. The number of hydrogen-bond acceptors (Lipinski definition) is 5. The van der Waals surface area contributed by atoms with Gasteiger partial charge in [-0.1, -0.05) is 0 Å². The summed E-state index contributed by atoms with van der Waals surface area (Å²) in [5, 5.41) is 9.86. The summed E-state index contributed by atoms with van der Waals surface area (Å²) >= 11 is 0. The number of H-pyrrole nitrogens is 1. The molecule has 3 rings (SSSR count). The molecule has 0 fully saturated rings. The van der Waals surface area contributed by atoms with Crippen molar-refractivity contribution < 1.29 is 4.79 Å². The average molecular weight is 294 g/mol. The smallest absolute Gasteiger partial charge is 0.253 e. The molecule has 110 valence electrons. The monoisotopic (exact) mass is 294 g/mol. The Morgan fingerprint density at radius 1 is 1.18 bits per heavy atom. The van der Waals surface area contributed by atoms with Gasteiger partial charge in [-0.15, -0.1) is 0 Å². The largest absolute Gasteiger partial charge is 0.342 e. The van der Waals surface area contributed by atoms with Gasteiger partial charge in [-0.25, -0.2) is 4.98 Å². The summed E-state index contributed by atoms with van der Waals surface area (Å²) in [5.74, 6) is 0.950. The van der Waals surface area contributed by atoms with Crippen LogP contribution in [0.15, 0.2) is 49.1 Å². The van der Waals surface area contributed by atoms with E-state index in [4.69, 9.17) is 0 Å². The molecule has 0 unspecified atom stereocenters. The molecule has 7 heteroatoms. The second-order valence-corrected chi connectivity index (χ2v) is 4.72. The van der Waals surface area contributed by atoms with Gasteiger partial charge in [-0.2, -0.15) is 5.10 Å². The van der Waals surface area contributed by atoms with Crippen molar-refractivity contribution in [2.24, 2.45) is 0 Å². The van der Waals surface area contributed by atoms with E-state index in [1.54, 1.807) is 30.7 Å². The zero-order chi connectivity index (χ0) is 15.4. The van der Waals surface area contributed by atoms with Crippen molar-refractivity contribution in [3.8, 4) is 11.4 Å². The Bertz CT molecular complexity index is 756. The van der Waals surface area contributed by atoms with Gasteiger partial charge in [-0.3, -0.25) is 19.9 Å². The molecule has 0 spiro atoms. The molecule has 0 radical (unpaired) electrons. The predicted molar refractivity (Wildman–Crippen MR) is 79.7 cm³/mol. The second-order valence-electron chi connectivity index (χ2n) is 4.72. The molecule has 2 N–H and O–H groups in total. The van der Waals surface area contributed by atoms with Crippen LogP contribution >= 0.6 is 0 Å². The van der Waals surface area contributed by atoms with Crippen molar-refractivity contribution in [3.63, 3.8) is 0 Å². The molecule has 22 heavy (non-hydrogen) atoms. The van der Waals surface area contributed by atoms with Gasteiger partial charge < -0.3 is 5.32 Å². The standard InChI is InChI=1S/C15H14N6O/c1-10(18-15(22)12-3-2-6-17-9-12)13-19-14(21-20-13)11-4-7-16-8-5-11/h2-10H,1H3,(H,18,22)(H,19,20,21)/t10-/m1/s1. The zero-order valence-electron chi connectivity index (χ0n) is 11.9. The lowest BCUT2D eigenvalue weighted by molar-refractivity contribution is 0.0938. The van der Waals surface area contributed by atoms with Crippen LogP contribution < -0.4 is 5.32 Å². The molecule has 0 aromatic carbocycles. The third kappa shape index (κ3) is 2.98. The first-order valence-corrected chi connectivity index (χ1v) is 6.77. The van der Waals surface area contributed by atoms with Gasteiger partial charge in [0.15, 0.2) is 5.82 Å². The quantitative estimate of drug-likeness (QED) is 0.764. The van der Waals surface area contributed by atoms with E-state index in [1.165, 1.54) is 6.20 Å². The highest BCUT2D eigenvalue weighted by atomic mass is 16.1. The number of nitrogens with zero attached hydrogens (tertiary/aromatic N) is 4. The van der Waals surface area contributed by atoms with Crippen LogP contribution in [0.5, 0.6) is 0 Å². The second kappa shape index (κ2) is 6.13. The van der Waals surface area contributed by atoms with Gasteiger partial charge in [0, 0.05) is 30.4 Å². The SMILES string of the molecule is C[C@@H](NC(=O)c1cccnc1)c1nc(-c2ccncc2)n[nH]1.